The number of nitrogens with zero attached hydrogens (tertiary/aromatic N) is 5. The van der Waals surface area contributed by atoms with Gasteiger partial charge in [0.25, 0.3) is 0 Å². The summed E-state index contributed by atoms with van der Waals surface area (Å²) in [6, 6.07) is 11.6. The number of piperazine rings is 1. The summed E-state index contributed by atoms with van der Waals surface area (Å²) in [5, 5.41) is 2.85. The number of anilines is 2. The first kappa shape index (κ1) is 21.1. The summed E-state index contributed by atoms with van der Waals surface area (Å²) in [5.41, 5.74) is 2.78. The standard InChI is InChI=1S/C23H30N6O2/c1-3-11-28-19-6-4-5-7-20(19)29(23(28)31)12-10-22(30)25-21-9-8-18(17-24-21)27-15-13-26(2)14-16-27/h4-9,17H,3,10-16H2,1-2H3,(H,24,25,30). The highest BCUT2D eigenvalue weighted by Crippen LogP contribution is 2.17. The van der Waals surface area contributed by atoms with Crippen molar-refractivity contribution in [1.82, 2.24) is 19.0 Å². The summed E-state index contributed by atoms with van der Waals surface area (Å²) in [4.78, 5) is 34.3. The van der Waals surface area contributed by atoms with Gasteiger partial charge in [0.05, 0.1) is 22.9 Å². The number of carbonyl (C=O) groups excluding carboxylic acids is 1. The molecule has 1 saturated heterocycles. The van der Waals surface area contributed by atoms with Crippen molar-refractivity contribution in [3.05, 3.63) is 53.1 Å². The number of hydrogen-bond donors (Lipinski definition) is 1. The molecule has 8 heteroatoms. The molecule has 1 amide bonds. The highest BCUT2D eigenvalue weighted by atomic mass is 16.2. The predicted octanol–water partition coefficient (Wildman–Crippen LogP) is 2.39. The molecule has 1 aliphatic heterocycles. The molecule has 0 atom stereocenters. The maximum atomic E-state index is 12.8. The summed E-state index contributed by atoms with van der Waals surface area (Å²) in [6.45, 7) is 7.07. The summed E-state index contributed by atoms with van der Waals surface area (Å²) >= 11 is 0. The number of amides is 1. The lowest BCUT2D eigenvalue weighted by Gasteiger charge is -2.33. The minimum absolute atomic E-state index is 0.0643. The third-order valence-electron chi connectivity index (χ3n) is 5.82. The van der Waals surface area contributed by atoms with E-state index in [1.165, 1.54) is 0 Å². The van der Waals surface area contributed by atoms with E-state index in [9.17, 15) is 9.59 Å². The molecule has 1 N–H and O–H groups in total. The molecular formula is C23H30N6O2. The van der Waals surface area contributed by atoms with Crippen LogP contribution in [0.1, 0.15) is 19.8 Å². The van der Waals surface area contributed by atoms with Crippen molar-refractivity contribution < 1.29 is 4.79 Å². The number of likely N-dealkylation sites (N-methyl/N-ethyl adjacent to an activating group) is 1. The Hall–Kier alpha value is -3.13. The van der Waals surface area contributed by atoms with Crippen LogP contribution in [0.25, 0.3) is 11.0 Å². The number of pyridine rings is 1. The van der Waals surface area contributed by atoms with E-state index in [2.05, 4.69) is 27.1 Å². The lowest BCUT2D eigenvalue weighted by Crippen LogP contribution is -2.44. The van der Waals surface area contributed by atoms with Crippen molar-refractivity contribution in [2.24, 2.45) is 0 Å². The Morgan fingerprint density at radius 3 is 2.29 bits per heavy atom. The maximum Gasteiger partial charge on any atom is 0.329 e. The van der Waals surface area contributed by atoms with Gasteiger partial charge in [0.2, 0.25) is 5.91 Å². The number of fused-ring (bicyclic) bond motifs is 1. The molecule has 0 radical (unpaired) electrons. The van der Waals surface area contributed by atoms with Crippen LogP contribution in [0.2, 0.25) is 0 Å². The number of imidazole rings is 1. The van der Waals surface area contributed by atoms with E-state index in [0.29, 0.717) is 18.9 Å². The molecule has 1 aromatic carbocycles. The van der Waals surface area contributed by atoms with Crippen molar-refractivity contribution in [3.8, 4) is 0 Å². The Balaban J connectivity index is 1.39. The molecule has 3 heterocycles. The quantitative estimate of drug-likeness (QED) is 0.633. The zero-order chi connectivity index (χ0) is 21.8. The molecule has 0 unspecified atom stereocenters. The number of benzene rings is 1. The monoisotopic (exact) mass is 422 g/mol. The average Bonchev–Trinajstić information content (AvgIpc) is 3.05. The highest BCUT2D eigenvalue weighted by Gasteiger charge is 2.16. The number of aromatic nitrogens is 3. The lowest BCUT2D eigenvalue weighted by atomic mass is 10.3. The molecule has 8 nitrogen and oxygen atoms in total. The van der Waals surface area contributed by atoms with E-state index in [4.69, 9.17) is 0 Å². The van der Waals surface area contributed by atoms with Gasteiger partial charge in [0.15, 0.2) is 0 Å². The maximum absolute atomic E-state index is 12.8. The molecule has 3 aromatic rings. The van der Waals surface area contributed by atoms with Gasteiger partial charge in [-0.1, -0.05) is 19.1 Å². The third-order valence-corrected chi connectivity index (χ3v) is 5.82. The second-order valence-electron chi connectivity index (χ2n) is 8.06. The number of carbonyl (C=O) groups is 1. The van der Waals surface area contributed by atoms with E-state index in [0.717, 1.165) is 49.3 Å². The SMILES string of the molecule is CCCn1c(=O)n(CCC(=O)Nc2ccc(N3CCN(C)CC3)cn2)c2ccccc21. The van der Waals surface area contributed by atoms with E-state index in [1.807, 2.05) is 49.5 Å². The van der Waals surface area contributed by atoms with Gasteiger partial charge in [-0.2, -0.15) is 0 Å². The summed E-state index contributed by atoms with van der Waals surface area (Å²) in [7, 11) is 2.13. The Bertz CT molecular complexity index is 1090. The largest absolute Gasteiger partial charge is 0.368 e. The summed E-state index contributed by atoms with van der Waals surface area (Å²) < 4.78 is 3.47. The van der Waals surface area contributed by atoms with Crippen molar-refractivity contribution in [2.45, 2.75) is 32.9 Å². The van der Waals surface area contributed by atoms with E-state index < -0.39 is 0 Å². The minimum Gasteiger partial charge on any atom is -0.368 e. The van der Waals surface area contributed by atoms with Crippen LogP contribution in [0, 0.1) is 0 Å². The van der Waals surface area contributed by atoms with E-state index in [-0.39, 0.29) is 18.0 Å². The molecule has 0 saturated carbocycles. The van der Waals surface area contributed by atoms with Gasteiger partial charge >= 0.3 is 5.69 Å². The summed E-state index contributed by atoms with van der Waals surface area (Å²) in [5.74, 6) is 0.378. The first-order valence-corrected chi connectivity index (χ1v) is 10.9. The fourth-order valence-corrected chi connectivity index (χ4v) is 4.06. The van der Waals surface area contributed by atoms with Gasteiger partial charge in [0, 0.05) is 45.7 Å². The number of nitrogens with one attached hydrogen (secondary N) is 1. The van der Waals surface area contributed by atoms with E-state index in [1.54, 1.807) is 9.13 Å². The summed E-state index contributed by atoms with van der Waals surface area (Å²) in [6.07, 6.45) is 2.90. The molecule has 0 spiro atoms. The van der Waals surface area contributed by atoms with Crippen LogP contribution in [0.15, 0.2) is 47.4 Å². The molecule has 1 fully saturated rings. The zero-order valence-electron chi connectivity index (χ0n) is 18.3. The second kappa shape index (κ2) is 9.34. The normalized spacial score (nSPS) is 14.8. The van der Waals surface area contributed by atoms with Crippen LogP contribution >= 0.6 is 0 Å². The van der Waals surface area contributed by atoms with Crippen molar-refractivity contribution in [2.75, 3.05) is 43.4 Å². The fraction of sp³-hybridized carbons (Fsp3) is 0.435. The van der Waals surface area contributed by atoms with Gasteiger partial charge in [-0.15, -0.1) is 0 Å². The average molecular weight is 423 g/mol. The number of rotatable bonds is 7. The molecule has 164 valence electrons. The fourth-order valence-electron chi connectivity index (χ4n) is 4.06. The first-order valence-electron chi connectivity index (χ1n) is 10.9. The molecule has 0 aliphatic carbocycles. The zero-order valence-corrected chi connectivity index (χ0v) is 18.3. The molecule has 1 aliphatic rings. The Labute approximate surface area is 182 Å². The van der Waals surface area contributed by atoms with Crippen LogP contribution in [-0.2, 0) is 17.9 Å². The van der Waals surface area contributed by atoms with Crippen LogP contribution in [0.5, 0.6) is 0 Å². The number of hydrogen-bond acceptors (Lipinski definition) is 5. The van der Waals surface area contributed by atoms with Crippen molar-refractivity contribution in [1.29, 1.82) is 0 Å². The molecule has 4 rings (SSSR count). The van der Waals surface area contributed by atoms with Crippen LogP contribution in [0.4, 0.5) is 11.5 Å². The van der Waals surface area contributed by atoms with Gasteiger partial charge in [-0.05, 0) is 37.7 Å². The molecule has 2 aromatic heterocycles. The van der Waals surface area contributed by atoms with Gasteiger partial charge in [-0.25, -0.2) is 9.78 Å². The minimum atomic E-state index is -0.154. The van der Waals surface area contributed by atoms with Crippen molar-refractivity contribution >= 4 is 28.4 Å². The van der Waals surface area contributed by atoms with Crippen LogP contribution in [0.3, 0.4) is 0 Å². The second-order valence-corrected chi connectivity index (χ2v) is 8.06. The smallest absolute Gasteiger partial charge is 0.329 e. The van der Waals surface area contributed by atoms with Gasteiger partial charge < -0.3 is 15.1 Å². The van der Waals surface area contributed by atoms with Crippen molar-refractivity contribution in [3.63, 3.8) is 0 Å². The first-order chi connectivity index (χ1) is 15.1. The number of aryl methyl sites for hydroxylation is 2. The van der Waals surface area contributed by atoms with Gasteiger partial charge in [-0.3, -0.25) is 13.9 Å². The molecule has 31 heavy (non-hydrogen) atoms. The Morgan fingerprint density at radius 2 is 1.68 bits per heavy atom. The topological polar surface area (TPSA) is 75.4 Å². The van der Waals surface area contributed by atoms with Crippen LogP contribution < -0.4 is 15.9 Å². The molecular weight excluding hydrogens is 392 g/mol. The Kier molecular flexibility index (Phi) is 6.36. The highest BCUT2D eigenvalue weighted by molar-refractivity contribution is 5.90. The Morgan fingerprint density at radius 1 is 1.00 bits per heavy atom. The lowest BCUT2D eigenvalue weighted by molar-refractivity contribution is -0.116. The predicted molar refractivity (Wildman–Crippen MR) is 124 cm³/mol. The third kappa shape index (κ3) is 4.64. The van der Waals surface area contributed by atoms with Crippen LogP contribution in [-0.4, -0.2) is 58.2 Å². The molecule has 0 bridgehead atoms. The number of para-hydroxylation sites is 2. The van der Waals surface area contributed by atoms with E-state index >= 15 is 0 Å². The van der Waals surface area contributed by atoms with Gasteiger partial charge in [0.1, 0.15) is 5.82 Å².